The molecule has 0 spiro atoms. The minimum absolute atomic E-state index is 0.183. The average Bonchev–Trinajstić information content (AvgIpc) is 2.43. The Hall–Kier alpha value is -1.68. The lowest BCUT2D eigenvalue weighted by Gasteiger charge is -2.09. The summed E-state index contributed by atoms with van der Waals surface area (Å²) in [6, 6.07) is 2.42. The molecular weight excluding hydrogens is 320 g/mol. The topological polar surface area (TPSA) is 69.7 Å². The van der Waals surface area contributed by atoms with Gasteiger partial charge in [-0.25, -0.2) is 13.2 Å². The van der Waals surface area contributed by atoms with Crippen molar-refractivity contribution in [3.8, 4) is 0 Å². The number of carbonyl (C=O) groups is 1. The third-order valence-corrected chi connectivity index (χ3v) is 3.69. The quantitative estimate of drug-likeness (QED) is 0.591. The number of hydrogen-bond acceptors (Lipinski definition) is 5. The van der Waals surface area contributed by atoms with E-state index in [0.717, 1.165) is 19.2 Å². The second-order valence-corrected chi connectivity index (χ2v) is 5.65. The lowest BCUT2D eigenvalue weighted by Crippen LogP contribution is -2.14. The van der Waals surface area contributed by atoms with Gasteiger partial charge in [-0.2, -0.15) is 17.6 Å². The highest BCUT2D eigenvalue weighted by Gasteiger charge is 2.28. The zero-order chi connectivity index (χ0) is 16.2. The fraction of sp³-hybridized carbons (Fsp3) is 0.364. The van der Waals surface area contributed by atoms with Gasteiger partial charge in [-0.15, -0.1) is 0 Å². The second-order valence-electron chi connectivity index (χ2n) is 3.73. The minimum Gasteiger partial charge on any atom is -0.465 e. The number of esters is 1. The van der Waals surface area contributed by atoms with E-state index >= 15 is 0 Å². The Balaban J connectivity index is 3.31. The van der Waals surface area contributed by atoms with Crippen molar-refractivity contribution >= 4 is 15.8 Å². The molecule has 5 nitrogen and oxygen atoms in total. The first-order valence-electron chi connectivity index (χ1n) is 5.32. The zero-order valence-electron chi connectivity index (χ0n) is 10.6. The van der Waals surface area contributed by atoms with Crippen LogP contribution in [0, 0.1) is 0 Å². The number of rotatable bonds is 6. The van der Waals surface area contributed by atoms with E-state index in [1.54, 1.807) is 0 Å². The van der Waals surface area contributed by atoms with E-state index in [2.05, 4.69) is 9.47 Å². The van der Waals surface area contributed by atoms with Crippen molar-refractivity contribution in [2.75, 3.05) is 7.11 Å². The number of alkyl halides is 4. The van der Waals surface area contributed by atoms with E-state index in [4.69, 9.17) is 0 Å². The predicted molar refractivity (Wildman–Crippen MR) is 61.8 cm³/mol. The number of methoxy groups -OCH3 is 1. The molecule has 118 valence electrons. The van der Waals surface area contributed by atoms with Crippen LogP contribution in [-0.4, -0.2) is 33.9 Å². The summed E-state index contributed by atoms with van der Waals surface area (Å²) >= 11 is 0. The lowest BCUT2D eigenvalue weighted by molar-refractivity contribution is -0.137. The summed E-state index contributed by atoms with van der Waals surface area (Å²) in [6.07, 6.45) is 0. The Morgan fingerprint density at radius 3 is 2.29 bits per heavy atom. The SMILES string of the molecule is COC(=O)c1cc(COC(F)F)cc(S(=O)(=O)C(F)F)c1. The molecule has 0 aromatic heterocycles. The number of carbonyl (C=O) groups excluding carboxylic acids is 1. The maximum atomic E-state index is 12.5. The number of halogens is 4. The summed E-state index contributed by atoms with van der Waals surface area (Å²) in [4.78, 5) is 10.5. The van der Waals surface area contributed by atoms with Crippen LogP contribution in [0.25, 0.3) is 0 Å². The Labute approximate surface area is 117 Å². The van der Waals surface area contributed by atoms with E-state index in [9.17, 15) is 30.8 Å². The molecule has 0 aliphatic heterocycles. The molecule has 0 fully saturated rings. The summed E-state index contributed by atoms with van der Waals surface area (Å²) < 4.78 is 80.0. The maximum absolute atomic E-state index is 12.5. The van der Waals surface area contributed by atoms with Crippen LogP contribution >= 0.6 is 0 Å². The molecule has 0 saturated heterocycles. The van der Waals surface area contributed by atoms with Crippen molar-refractivity contribution < 1.29 is 40.2 Å². The van der Waals surface area contributed by atoms with Crippen molar-refractivity contribution in [3.05, 3.63) is 29.3 Å². The molecule has 10 heteroatoms. The second kappa shape index (κ2) is 6.85. The van der Waals surface area contributed by atoms with Gasteiger partial charge in [-0.1, -0.05) is 0 Å². The van der Waals surface area contributed by atoms with E-state index in [-0.39, 0.29) is 11.1 Å². The van der Waals surface area contributed by atoms with Crippen molar-refractivity contribution in [3.63, 3.8) is 0 Å². The van der Waals surface area contributed by atoms with Crippen molar-refractivity contribution in [1.82, 2.24) is 0 Å². The van der Waals surface area contributed by atoms with E-state index in [1.807, 2.05) is 0 Å². The molecule has 0 atom stereocenters. The average molecular weight is 330 g/mol. The summed E-state index contributed by atoms with van der Waals surface area (Å²) in [5.74, 6) is -4.71. The van der Waals surface area contributed by atoms with Crippen LogP contribution in [0.15, 0.2) is 23.1 Å². The van der Waals surface area contributed by atoms with Crippen LogP contribution < -0.4 is 0 Å². The van der Waals surface area contributed by atoms with Gasteiger partial charge in [0.05, 0.1) is 24.2 Å². The summed E-state index contributed by atoms with van der Waals surface area (Å²) in [5.41, 5.74) is -0.551. The molecule has 0 heterocycles. The molecule has 0 aliphatic rings. The fourth-order valence-corrected chi connectivity index (χ4v) is 2.22. The molecule has 1 rings (SSSR count). The molecule has 0 aliphatic carbocycles. The van der Waals surface area contributed by atoms with Gasteiger partial charge in [0.25, 0.3) is 0 Å². The Morgan fingerprint density at radius 2 is 1.81 bits per heavy atom. The van der Waals surface area contributed by atoms with Crippen LogP contribution in [0.1, 0.15) is 15.9 Å². The van der Waals surface area contributed by atoms with Gasteiger partial charge in [0.15, 0.2) is 0 Å². The number of benzene rings is 1. The largest absolute Gasteiger partial charge is 0.465 e. The summed E-state index contributed by atoms with van der Waals surface area (Å²) in [5, 5.41) is 0. The number of sulfone groups is 1. The molecule has 0 unspecified atom stereocenters. The monoisotopic (exact) mass is 330 g/mol. The van der Waals surface area contributed by atoms with Crippen LogP contribution in [0.2, 0.25) is 0 Å². The van der Waals surface area contributed by atoms with Crippen LogP contribution in [0.3, 0.4) is 0 Å². The predicted octanol–water partition coefficient (Wildman–Crippen LogP) is 2.21. The normalized spacial score (nSPS) is 12.0. The third-order valence-electron chi connectivity index (χ3n) is 2.33. The lowest BCUT2D eigenvalue weighted by atomic mass is 10.1. The van der Waals surface area contributed by atoms with Crippen LogP contribution in [0.4, 0.5) is 17.6 Å². The highest BCUT2D eigenvalue weighted by atomic mass is 32.2. The Bertz CT molecular complexity index is 615. The van der Waals surface area contributed by atoms with Crippen LogP contribution in [0.5, 0.6) is 0 Å². The zero-order valence-corrected chi connectivity index (χ0v) is 11.4. The van der Waals surface area contributed by atoms with E-state index < -0.39 is 39.7 Å². The molecule has 21 heavy (non-hydrogen) atoms. The third kappa shape index (κ3) is 4.39. The standard InChI is InChI=1S/C11H10F4O5S/c1-19-9(16)7-2-6(5-20-10(12)13)3-8(4-7)21(17,18)11(14)15/h2-4,10-11H,5H2,1H3. The van der Waals surface area contributed by atoms with Gasteiger partial charge in [-0.3, -0.25) is 0 Å². The van der Waals surface area contributed by atoms with Gasteiger partial charge in [0.2, 0.25) is 9.84 Å². The number of hydrogen-bond donors (Lipinski definition) is 0. The number of ether oxygens (including phenoxy) is 2. The highest BCUT2D eigenvalue weighted by Crippen LogP contribution is 2.22. The molecule has 0 saturated carbocycles. The maximum Gasteiger partial charge on any atom is 0.345 e. The first-order chi connectivity index (χ1) is 9.68. The van der Waals surface area contributed by atoms with Crippen molar-refractivity contribution in [2.24, 2.45) is 0 Å². The first kappa shape index (κ1) is 17.4. The first-order valence-corrected chi connectivity index (χ1v) is 6.87. The van der Waals surface area contributed by atoms with Crippen molar-refractivity contribution in [1.29, 1.82) is 0 Å². The minimum atomic E-state index is -4.99. The van der Waals surface area contributed by atoms with Crippen molar-refractivity contribution in [2.45, 2.75) is 23.9 Å². The smallest absolute Gasteiger partial charge is 0.345 e. The van der Waals surface area contributed by atoms with Crippen LogP contribution in [-0.2, 0) is 25.9 Å². The van der Waals surface area contributed by atoms with Gasteiger partial charge in [-0.05, 0) is 23.8 Å². The molecule has 1 aromatic rings. The summed E-state index contributed by atoms with van der Waals surface area (Å²) in [7, 11) is -3.99. The molecule has 0 amide bonds. The fourth-order valence-electron chi connectivity index (χ4n) is 1.41. The molecule has 1 aromatic carbocycles. The molecule has 0 bridgehead atoms. The van der Waals surface area contributed by atoms with Gasteiger partial charge >= 0.3 is 18.3 Å². The van der Waals surface area contributed by atoms with E-state index in [1.165, 1.54) is 0 Å². The Kier molecular flexibility index (Phi) is 5.67. The van der Waals surface area contributed by atoms with Gasteiger partial charge in [0, 0.05) is 0 Å². The molecule has 0 radical (unpaired) electrons. The van der Waals surface area contributed by atoms with E-state index in [0.29, 0.717) is 6.07 Å². The molecular formula is C11H10F4O5S. The summed E-state index contributed by atoms with van der Waals surface area (Å²) in [6.45, 7) is -3.89. The van der Waals surface area contributed by atoms with Gasteiger partial charge < -0.3 is 9.47 Å². The Morgan fingerprint density at radius 1 is 1.19 bits per heavy atom. The molecule has 0 N–H and O–H groups in total. The highest BCUT2D eigenvalue weighted by molar-refractivity contribution is 7.91. The van der Waals surface area contributed by atoms with Gasteiger partial charge in [0.1, 0.15) is 0 Å².